The van der Waals surface area contributed by atoms with Crippen molar-refractivity contribution in [3.05, 3.63) is 0 Å². The SMILES string of the molecule is CNC(=O)C1CCCCN1CCC1CCNCC1. The molecule has 0 aromatic heterocycles. The van der Waals surface area contributed by atoms with Crippen molar-refractivity contribution in [3.63, 3.8) is 0 Å². The van der Waals surface area contributed by atoms with Crippen LogP contribution in [-0.2, 0) is 4.79 Å². The van der Waals surface area contributed by atoms with Gasteiger partial charge in [0, 0.05) is 7.05 Å². The minimum absolute atomic E-state index is 0.130. The molecule has 0 saturated carbocycles. The van der Waals surface area contributed by atoms with Gasteiger partial charge < -0.3 is 10.6 Å². The lowest BCUT2D eigenvalue weighted by atomic mass is 9.93. The highest BCUT2D eigenvalue weighted by molar-refractivity contribution is 5.81. The fraction of sp³-hybridized carbons (Fsp3) is 0.929. The summed E-state index contributed by atoms with van der Waals surface area (Å²) in [6, 6.07) is 0.130. The average Bonchev–Trinajstić information content (AvgIpc) is 2.45. The summed E-state index contributed by atoms with van der Waals surface area (Å²) in [5, 5.41) is 6.22. The van der Waals surface area contributed by atoms with Crippen molar-refractivity contribution in [2.24, 2.45) is 5.92 Å². The van der Waals surface area contributed by atoms with Crippen molar-refractivity contribution >= 4 is 5.91 Å². The van der Waals surface area contributed by atoms with Crippen LogP contribution in [0.2, 0.25) is 0 Å². The van der Waals surface area contributed by atoms with Gasteiger partial charge in [0.15, 0.2) is 0 Å². The lowest BCUT2D eigenvalue weighted by molar-refractivity contribution is -0.127. The van der Waals surface area contributed by atoms with Gasteiger partial charge in [-0.05, 0) is 64.2 Å². The molecule has 0 spiro atoms. The van der Waals surface area contributed by atoms with E-state index in [1.807, 2.05) is 0 Å². The Bertz CT molecular complexity index is 264. The molecule has 104 valence electrons. The predicted molar refractivity (Wildman–Crippen MR) is 73.5 cm³/mol. The molecule has 2 saturated heterocycles. The van der Waals surface area contributed by atoms with Crippen molar-refractivity contribution in [2.75, 3.05) is 33.2 Å². The van der Waals surface area contributed by atoms with Crippen molar-refractivity contribution in [1.82, 2.24) is 15.5 Å². The number of likely N-dealkylation sites (N-methyl/N-ethyl adjacent to an activating group) is 1. The van der Waals surface area contributed by atoms with Gasteiger partial charge >= 0.3 is 0 Å². The summed E-state index contributed by atoms with van der Waals surface area (Å²) in [6.07, 6.45) is 7.35. The van der Waals surface area contributed by atoms with Crippen LogP contribution in [0.5, 0.6) is 0 Å². The molecule has 0 aliphatic carbocycles. The minimum Gasteiger partial charge on any atom is -0.358 e. The minimum atomic E-state index is 0.130. The molecule has 0 aromatic carbocycles. The molecule has 2 aliphatic rings. The first-order valence-corrected chi connectivity index (χ1v) is 7.47. The highest BCUT2D eigenvalue weighted by Gasteiger charge is 2.28. The average molecular weight is 253 g/mol. The Hall–Kier alpha value is -0.610. The first-order chi connectivity index (χ1) is 8.81. The molecule has 0 aromatic rings. The van der Waals surface area contributed by atoms with E-state index in [1.54, 1.807) is 7.05 Å². The molecule has 2 heterocycles. The lowest BCUT2D eigenvalue weighted by Crippen LogP contribution is -2.49. The topological polar surface area (TPSA) is 44.4 Å². The molecule has 0 bridgehead atoms. The second-order valence-electron chi connectivity index (χ2n) is 5.64. The number of nitrogens with one attached hydrogen (secondary N) is 2. The normalized spacial score (nSPS) is 27.1. The molecule has 18 heavy (non-hydrogen) atoms. The zero-order valence-corrected chi connectivity index (χ0v) is 11.6. The molecule has 2 N–H and O–H groups in total. The van der Waals surface area contributed by atoms with Crippen molar-refractivity contribution in [3.8, 4) is 0 Å². The van der Waals surface area contributed by atoms with E-state index in [1.165, 1.54) is 45.2 Å². The van der Waals surface area contributed by atoms with Crippen molar-refractivity contribution in [1.29, 1.82) is 0 Å². The second-order valence-corrected chi connectivity index (χ2v) is 5.64. The van der Waals surface area contributed by atoms with Crippen LogP contribution in [0.1, 0.15) is 38.5 Å². The van der Waals surface area contributed by atoms with Gasteiger partial charge in [-0.3, -0.25) is 9.69 Å². The summed E-state index contributed by atoms with van der Waals surface area (Å²) in [5.74, 6) is 1.07. The lowest BCUT2D eigenvalue weighted by Gasteiger charge is -2.35. The van der Waals surface area contributed by atoms with Crippen LogP contribution in [0, 0.1) is 5.92 Å². The molecule has 0 radical (unpaired) electrons. The van der Waals surface area contributed by atoms with E-state index >= 15 is 0 Å². The van der Waals surface area contributed by atoms with E-state index in [4.69, 9.17) is 0 Å². The third-order valence-corrected chi connectivity index (χ3v) is 4.45. The van der Waals surface area contributed by atoms with Gasteiger partial charge in [-0.1, -0.05) is 6.42 Å². The number of carbonyl (C=O) groups excluding carboxylic acids is 1. The molecule has 4 heteroatoms. The van der Waals surface area contributed by atoms with Gasteiger partial charge in [-0.15, -0.1) is 0 Å². The number of amides is 1. The Kier molecular flexibility index (Phi) is 5.45. The van der Waals surface area contributed by atoms with Crippen molar-refractivity contribution < 1.29 is 4.79 Å². The number of piperidine rings is 2. The van der Waals surface area contributed by atoms with Gasteiger partial charge in [-0.2, -0.15) is 0 Å². The number of nitrogens with zero attached hydrogens (tertiary/aromatic N) is 1. The monoisotopic (exact) mass is 253 g/mol. The van der Waals surface area contributed by atoms with Gasteiger partial charge in [0.05, 0.1) is 6.04 Å². The summed E-state index contributed by atoms with van der Waals surface area (Å²) in [4.78, 5) is 14.3. The van der Waals surface area contributed by atoms with Gasteiger partial charge in [0.2, 0.25) is 5.91 Å². The molecular formula is C14H27N3O. The molecule has 1 unspecified atom stereocenters. The predicted octanol–water partition coefficient (Wildman–Crippen LogP) is 0.977. The number of hydrogen-bond acceptors (Lipinski definition) is 3. The Morgan fingerprint density at radius 2 is 2.06 bits per heavy atom. The highest BCUT2D eigenvalue weighted by Crippen LogP contribution is 2.21. The standard InChI is InChI=1S/C14H27N3O/c1-15-14(18)13-4-2-3-10-17(13)11-7-12-5-8-16-9-6-12/h12-13,16H,2-11H2,1H3,(H,15,18). The molecule has 2 aliphatic heterocycles. The van der Waals surface area contributed by atoms with Crippen LogP contribution in [-0.4, -0.2) is 50.1 Å². The van der Waals surface area contributed by atoms with Crippen LogP contribution in [0.25, 0.3) is 0 Å². The number of rotatable bonds is 4. The number of hydrogen-bond donors (Lipinski definition) is 2. The second kappa shape index (κ2) is 7.10. The highest BCUT2D eigenvalue weighted by atomic mass is 16.2. The zero-order valence-electron chi connectivity index (χ0n) is 11.6. The van der Waals surface area contributed by atoms with Gasteiger partial charge in [0.25, 0.3) is 0 Å². The summed E-state index contributed by atoms with van der Waals surface area (Å²) >= 11 is 0. The van der Waals surface area contributed by atoms with Crippen LogP contribution >= 0.6 is 0 Å². The first kappa shape index (κ1) is 13.8. The van der Waals surface area contributed by atoms with E-state index < -0.39 is 0 Å². The Labute approximate surface area is 110 Å². The largest absolute Gasteiger partial charge is 0.358 e. The van der Waals surface area contributed by atoms with Gasteiger partial charge in [-0.25, -0.2) is 0 Å². The van der Waals surface area contributed by atoms with Crippen LogP contribution in [0.3, 0.4) is 0 Å². The first-order valence-electron chi connectivity index (χ1n) is 7.47. The summed E-state index contributed by atoms with van der Waals surface area (Å²) in [5.41, 5.74) is 0. The maximum atomic E-state index is 11.9. The zero-order chi connectivity index (χ0) is 12.8. The van der Waals surface area contributed by atoms with Crippen molar-refractivity contribution in [2.45, 2.75) is 44.6 Å². The quantitative estimate of drug-likeness (QED) is 0.785. The molecule has 2 fully saturated rings. The smallest absolute Gasteiger partial charge is 0.237 e. The maximum absolute atomic E-state index is 11.9. The Morgan fingerprint density at radius 1 is 1.28 bits per heavy atom. The van der Waals surface area contributed by atoms with E-state index in [9.17, 15) is 4.79 Å². The Balaban J connectivity index is 1.79. The molecule has 1 amide bonds. The van der Waals surface area contributed by atoms with Crippen LogP contribution in [0.15, 0.2) is 0 Å². The van der Waals surface area contributed by atoms with Crippen LogP contribution < -0.4 is 10.6 Å². The third kappa shape index (κ3) is 3.69. The molecule has 4 nitrogen and oxygen atoms in total. The van der Waals surface area contributed by atoms with E-state index in [-0.39, 0.29) is 11.9 Å². The fourth-order valence-corrected chi connectivity index (χ4v) is 3.24. The molecule has 2 rings (SSSR count). The molecular weight excluding hydrogens is 226 g/mol. The van der Waals surface area contributed by atoms with Gasteiger partial charge in [0.1, 0.15) is 0 Å². The maximum Gasteiger partial charge on any atom is 0.237 e. The summed E-state index contributed by atoms with van der Waals surface area (Å²) in [7, 11) is 1.75. The van der Waals surface area contributed by atoms with E-state index in [0.29, 0.717) is 0 Å². The number of likely N-dealkylation sites (tertiary alicyclic amines) is 1. The summed E-state index contributed by atoms with van der Waals surface area (Å²) in [6.45, 7) is 4.54. The Morgan fingerprint density at radius 3 is 2.78 bits per heavy atom. The fourth-order valence-electron chi connectivity index (χ4n) is 3.24. The van der Waals surface area contributed by atoms with E-state index in [0.717, 1.165) is 25.4 Å². The van der Waals surface area contributed by atoms with Crippen LogP contribution in [0.4, 0.5) is 0 Å². The van der Waals surface area contributed by atoms with E-state index in [2.05, 4.69) is 15.5 Å². The summed E-state index contributed by atoms with van der Waals surface area (Å²) < 4.78 is 0. The third-order valence-electron chi connectivity index (χ3n) is 4.45. The number of carbonyl (C=O) groups is 1. The molecule has 1 atom stereocenters.